The molecule has 38 heavy (non-hydrogen) atoms. The summed E-state index contributed by atoms with van der Waals surface area (Å²) in [5.74, 6) is -2.19. The first-order valence-corrected chi connectivity index (χ1v) is 13.2. The Labute approximate surface area is 227 Å². The molecule has 1 unspecified atom stereocenters. The molecule has 2 heterocycles. The van der Waals surface area contributed by atoms with Crippen LogP contribution in [0, 0.1) is 5.82 Å². The Kier molecular flexibility index (Phi) is 9.18. The summed E-state index contributed by atoms with van der Waals surface area (Å²) in [4.78, 5) is 24.7. The second kappa shape index (κ2) is 12.5. The van der Waals surface area contributed by atoms with E-state index in [2.05, 4.69) is 21.2 Å². The Morgan fingerprint density at radius 3 is 2.61 bits per heavy atom. The van der Waals surface area contributed by atoms with Gasteiger partial charge in [0.05, 0.1) is 42.4 Å². The Morgan fingerprint density at radius 1 is 1.21 bits per heavy atom. The molecule has 0 aliphatic carbocycles. The van der Waals surface area contributed by atoms with Gasteiger partial charge in [0.15, 0.2) is 6.23 Å². The van der Waals surface area contributed by atoms with Crippen molar-refractivity contribution in [3.63, 3.8) is 0 Å². The lowest BCUT2D eigenvalue weighted by Crippen LogP contribution is -2.36. The van der Waals surface area contributed by atoms with Crippen molar-refractivity contribution in [1.29, 1.82) is 0 Å². The van der Waals surface area contributed by atoms with Crippen molar-refractivity contribution in [3.05, 3.63) is 46.3 Å². The van der Waals surface area contributed by atoms with Crippen molar-refractivity contribution in [1.82, 2.24) is 9.78 Å². The van der Waals surface area contributed by atoms with Crippen molar-refractivity contribution >= 4 is 55.8 Å². The minimum atomic E-state index is -1.53. The molecular weight excluding hydrogens is 563 g/mol. The summed E-state index contributed by atoms with van der Waals surface area (Å²) >= 11 is 3.29. The molecule has 10 nitrogen and oxygen atoms in total. The highest BCUT2D eigenvalue weighted by Crippen LogP contribution is 2.33. The van der Waals surface area contributed by atoms with Gasteiger partial charge in [-0.1, -0.05) is 15.9 Å². The molecule has 0 saturated carbocycles. The number of anilines is 3. The average Bonchev–Trinajstić information content (AvgIpc) is 3.26. The Morgan fingerprint density at radius 2 is 1.95 bits per heavy atom. The van der Waals surface area contributed by atoms with Crippen LogP contribution >= 0.6 is 15.9 Å². The van der Waals surface area contributed by atoms with E-state index < -0.39 is 23.9 Å². The molecule has 3 N–H and O–H groups in total. The fourth-order valence-corrected chi connectivity index (χ4v) is 4.63. The highest BCUT2D eigenvalue weighted by Gasteiger charge is 2.31. The van der Waals surface area contributed by atoms with Crippen LogP contribution in [-0.2, 0) is 35.1 Å². The first-order valence-electron chi connectivity index (χ1n) is 12.4. The molecule has 1 saturated heterocycles. The molecule has 0 bridgehead atoms. The van der Waals surface area contributed by atoms with E-state index in [9.17, 15) is 14.0 Å². The summed E-state index contributed by atoms with van der Waals surface area (Å²) in [6.07, 6.45) is 0.892. The monoisotopic (exact) mass is 592 g/mol. The molecule has 0 amide bonds. The van der Waals surface area contributed by atoms with Crippen LogP contribution in [0.25, 0.3) is 10.9 Å². The summed E-state index contributed by atoms with van der Waals surface area (Å²) in [6, 6.07) is 8.47. The van der Waals surface area contributed by atoms with Crippen molar-refractivity contribution in [3.8, 4) is 0 Å². The van der Waals surface area contributed by atoms with Gasteiger partial charge in [-0.2, -0.15) is 5.10 Å². The molecular formula is C26H30BrFN4O6. The zero-order chi connectivity index (χ0) is 27.2. The molecule has 1 atom stereocenters. The number of nitrogen functional groups attached to an aromatic ring is 1. The third kappa shape index (κ3) is 6.25. The van der Waals surface area contributed by atoms with E-state index in [1.165, 1.54) is 6.07 Å². The molecule has 0 spiro atoms. The number of ether oxygens (including phenoxy) is 4. The molecule has 1 aromatic heterocycles. The molecule has 1 aliphatic rings. The number of rotatable bonds is 10. The van der Waals surface area contributed by atoms with Crippen molar-refractivity contribution in [2.45, 2.75) is 52.0 Å². The van der Waals surface area contributed by atoms with Gasteiger partial charge in [-0.15, -0.1) is 0 Å². The lowest BCUT2D eigenvalue weighted by molar-refractivity contribution is -0.174. The molecule has 204 valence electrons. The molecule has 1 fully saturated rings. The fraction of sp³-hybridized carbons (Fsp3) is 0.423. The van der Waals surface area contributed by atoms with Crippen LogP contribution in [-0.4, -0.2) is 47.6 Å². The second-order valence-corrected chi connectivity index (χ2v) is 9.53. The number of nitrogens with two attached hydrogens (primary N) is 1. The lowest BCUT2D eigenvalue weighted by atomic mass is 10.1. The largest absolute Gasteiger partial charge is 0.464 e. The standard InChI is InChI=1S/C26H30BrFN4O6/c1-3-35-25(33)24(26(34)36-4-2)38-14-20-17-9-8-16(30-19-12-15(27)11-18(28)23(19)29)13-21(17)32(31-20)22-7-5-6-10-37-22/h8-9,11-13,22,24,30H,3-7,10,14,29H2,1-2H3. The summed E-state index contributed by atoms with van der Waals surface area (Å²) in [7, 11) is 0. The summed E-state index contributed by atoms with van der Waals surface area (Å²) in [5, 5.41) is 8.64. The molecule has 1 aliphatic heterocycles. The third-order valence-corrected chi connectivity index (χ3v) is 6.43. The number of halogens is 2. The topological polar surface area (TPSA) is 127 Å². The highest BCUT2D eigenvalue weighted by molar-refractivity contribution is 9.10. The fourth-order valence-electron chi connectivity index (χ4n) is 4.20. The number of carbonyl (C=O) groups excluding carboxylic acids is 2. The van der Waals surface area contributed by atoms with Gasteiger partial charge in [0, 0.05) is 22.2 Å². The number of nitrogens with one attached hydrogen (secondary N) is 1. The van der Waals surface area contributed by atoms with Crippen LogP contribution in [0.4, 0.5) is 21.5 Å². The van der Waals surface area contributed by atoms with Crippen LogP contribution in [0.15, 0.2) is 34.8 Å². The van der Waals surface area contributed by atoms with Gasteiger partial charge in [-0.05, 0) is 63.4 Å². The zero-order valence-corrected chi connectivity index (χ0v) is 22.8. The van der Waals surface area contributed by atoms with E-state index >= 15 is 0 Å². The normalized spacial score (nSPS) is 15.6. The first kappa shape index (κ1) is 27.8. The highest BCUT2D eigenvalue weighted by atomic mass is 79.9. The third-order valence-electron chi connectivity index (χ3n) is 5.97. The van der Waals surface area contributed by atoms with Gasteiger partial charge >= 0.3 is 11.9 Å². The number of nitrogens with zero attached hydrogens (tertiary/aromatic N) is 2. The van der Waals surface area contributed by atoms with Crippen molar-refractivity contribution < 1.29 is 32.9 Å². The number of hydrogen-bond donors (Lipinski definition) is 2. The van der Waals surface area contributed by atoms with E-state index in [0.29, 0.717) is 28.1 Å². The van der Waals surface area contributed by atoms with Crippen LogP contribution in [0.3, 0.4) is 0 Å². The smallest absolute Gasteiger partial charge is 0.347 e. The number of benzene rings is 2. The number of carbonyl (C=O) groups is 2. The van der Waals surface area contributed by atoms with E-state index in [1.54, 1.807) is 30.7 Å². The minimum absolute atomic E-state index is 0.00419. The van der Waals surface area contributed by atoms with Crippen LogP contribution in [0.2, 0.25) is 0 Å². The molecule has 12 heteroatoms. The van der Waals surface area contributed by atoms with Crippen LogP contribution in [0.1, 0.15) is 45.0 Å². The van der Waals surface area contributed by atoms with Gasteiger partial charge in [0.2, 0.25) is 0 Å². The van der Waals surface area contributed by atoms with Gasteiger partial charge in [0.1, 0.15) is 5.82 Å². The predicted octanol–water partition coefficient (Wildman–Crippen LogP) is 4.97. The number of esters is 2. The van der Waals surface area contributed by atoms with Gasteiger partial charge in [0.25, 0.3) is 6.10 Å². The molecule has 4 rings (SSSR count). The Bertz CT molecular complexity index is 1290. The Hall–Kier alpha value is -3.22. The second-order valence-electron chi connectivity index (χ2n) is 8.61. The van der Waals surface area contributed by atoms with E-state index in [4.69, 9.17) is 29.8 Å². The lowest BCUT2D eigenvalue weighted by Gasteiger charge is -2.23. The van der Waals surface area contributed by atoms with Gasteiger partial charge < -0.3 is 30.0 Å². The summed E-state index contributed by atoms with van der Waals surface area (Å²) in [6.45, 7) is 3.93. The van der Waals surface area contributed by atoms with E-state index in [0.717, 1.165) is 30.2 Å². The maximum Gasteiger partial charge on any atom is 0.347 e. The Balaban J connectivity index is 1.67. The summed E-state index contributed by atoms with van der Waals surface area (Å²) in [5.41, 5.74) is 8.24. The van der Waals surface area contributed by atoms with Crippen LogP contribution in [0.5, 0.6) is 0 Å². The average molecular weight is 593 g/mol. The number of fused-ring (bicyclic) bond motifs is 1. The molecule has 0 radical (unpaired) electrons. The van der Waals surface area contributed by atoms with E-state index in [-0.39, 0.29) is 31.7 Å². The van der Waals surface area contributed by atoms with Crippen molar-refractivity contribution in [2.75, 3.05) is 30.9 Å². The quantitative estimate of drug-likeness (QED) is 0.190. The summed E-state index contributed by atoms with van der Waals surface area (Å²) < 4.78 is 38.1. The minimum Gasteiger partial charge on any atom is -0.464 e. The SMILES string of the molecule is CCOC(=O)C(OCc1nn(C2CCCCO2)c2cc(Nc3cc(Br)cc(F)c3N)ccc12)C(=O)OCC. The number of hydrogen-bond acceptors (Lipinski definition) is 9. The predicted molar refractivity (Wildman–Crippen MR) is 142 cm³/mol. The number of aromatic nitrogens is 2. The first-order chi connectivity index (χ1) is 18.3. The molecule has 3 aromatic rings. The van der Waals surface area contributed by atoms with E-state index in [1.807, 2.05) is 12.1 Å². The van der Waals surface area contributed by atoms with Crippen LogP contribution < -0.4 is 11.1 Å². The maximum atomic E-state index is 14.2. The zero-order valence-electron chi connectivity index (χ0n) is 21.2. The van der Waals surface area contributed by atoms with Crippen molar-refractivity contribution in [2.24, 2.45) is 0 Å². The molecule has 2 aromatic carbocycles. The maximum absolute atomic E-state index is 14.2. The van der Waals surface area contributed by atoms with Gasteiger partial charge in [-0.25, -0.2) is 18.7 Å². The van der Waals surface area contributed by atoms with Gasteiger partial charge in [-0.3, -0.25) is 0 Å².